The third kappa shape index (κ3) is 8.81. The van der Waals surface area contributed by atoms with Crippen LogP contribution in [0.4, 0.5) is 5.69 Å². The predicted molar refractivity (Wildman–Crippen MR) is 163 cm³/mol. The Labute approximate surface area is 253 Å². The maximum absolute atomic E-state index is 13.4. The highest BCUT2D eigenvalue weighted by Crippen LogP contribution is 2.29. The molecule has 4 aromatic rings. The maximum atomic E-state index is 13.4. The minimum Gasteiger partial charge on any atom is -0.484 e. The standard InChI is InChI=1S/C30H26Cl2N4O5S/c31-24-15-25(32)17-26(16-24)36(42(39,40)28-9-5-2-6-10-28)20-29(37)35-34-19-23-11-13-27(14-12-23)41-21-30(38)33-18-22-7-3-1-4-8-22/h1-17,19H,18,20-21H2,(H,33,38)(H,35,37)/b34-19-. The molecule has 0 heterocycles. The van der Waals surface area contributed by atoms with Crippen molar-refractivity contribution in [3.63, 3.8) is 0 Å². The van der Waals surface area contributed by atoms with Gasteiger partial charge < -0.3 is 10.1 Å². The fourth-order valence-corrected chi connectivity index (χ4v) is 5.65. The molecule has 0 aliphatic heterocycles. The minimum atomic E-state index is -4.13. The van der Waals surface area contributed by atoms with E-state index in [1.165, 1.54) is 36.5 Å². The zero-order valence-corrected chi connectivity index (χ0v) is 24.4. The Morgan fingerprint density at radius 2 is 1.45 bits per heavy atom. The molecule has 0 saturated carbocycles. The van der Waals surface area contributed by atoms with Crippen molar-refractivity contribution >= 4 is 56.9 Å². The summed E-state index contributed by atoms with van der Waals surface area (Å²) >= 11 is 12.2. The smallest absolute Gasteiger partial charge is 0.264 e. The first-order chi connectivity index (χ1) is 20.2. The molecule has 2 amide bonds. The van der Waals surface area contributed by atoms with Crippen LogP contribution in [0.15, 0.2) is 113 Å². The number of nitrogens with one attached hydrogen (secondary N) is 2. The molecule has 0 saturated heterocycles. The lowest BCUT2D eigenvalue weighted by molar-refractivity contribution is -0.123. The Morgan fingerprint density at radius 1 is 0.833 bits per heavy atom. The molecule has 0 fully saturated rings. The molecule has 0 aliphatic carbocycles. The molecule has 9 nitrogen and oxygen atoms in total. The average molecular weight is 626 g/mol. The van der Waals surface area contributed by atoms with Gasteiger partial charge >= 0.3 is 0 Å². The predicted octanol–water partition coefficient (Wildman–Crippen LogP) is 5.03. The second-order valence-corrected chi connectivity index (χ2v) is 11.6. The van der Waals surface area contributed by atoms with E-state index in [-0.39, 0.29) is 33.1 Å². The van der Waals surface area contributed by atoms with E-state index in [0.29, 0.717) is 17.9 Å². The van der Waals surface area contributed by atoms with Crippen molar-refractivity contribution in [2.24, 2.45) is 5.10 Å². The number of carbonyl (C=O) groups excluding carboxylic acids is 2. The van der Waals surface area contributed by atoms with Gasteiger partial charge in [0, 0.05) is 16.6 Å². The van der Waals surface area contributed by atoms with Gasteiger partial charge in [-0.25, -0.2) is 13.8 Å². The number of anilines is 1. The Hall–Kier alpha value is -4.38. The van der Waals surface area contributed by atoms with Crippen LogP contribution >= 0.6 is 23.2 Å². The number of ether oxygens (including phenoxy) is 1. The summed E-state index contributed by atoms with van der Waals surface area (Å²) < 4.78 is 33.2. The van der Waals surface area contributed by atoms with E-state index in [0.717, 1.165) is 9.87 Å². The molecule has 0 aromatic heterocycles. The van der Waals surface area contributed by atoms with E-state index in [4.69, 9.17) is 27.9 Å². The fraction of sp³-hybridized carbons (Fsp3) is 0.100. The number of amides is 2. The molecule has 0 spiro atoms. The molecule has 216 valence electrons. The first kappa shape index (κ1) is 30.6. The van der Waals surface area contributed by atoms with Crippen molar-refractivity contribution in [2.75, 3.05) is 17.5 Å². The molecule has 2 N–H and O–H groups in total. The largest absolute Gasteiger partial charge is 0.484 e. The highest BCUT2D eigenvalue weighted by Gasteiger charge is 2.27. The number of carbonyl (C=O) groups is 2. The lowest BCUT2D eigenvalue weighted by Gasteiger charge is -2.24. The second-order valence-electron chi connectivity index (χ2n) is 8.87. The maximum Gasteiger partial charge on any atom is 0.264 e. The molecule has 0 aliphatic rings. The van der Waals surface area contributed by atoms with Gasteiger partial charge in [-0.05, 0) is 65.7 Å². The Kier molecular flexibility index (Phi) is 10.6. The summed E-state index contributed by atoms with van der Waals surface area (Å²) in [5.74, 6) is -0.466. The van der Waals surface area contributed by atoms with Gasteiger partial charge in [0.1, 0.15) is 12.3 Å². The lowest BCUT2D eigenvalue weighted by atomic mass is 10.2. The van der Waals surface area contributed by atoms with Crippen molar-refractivity contribution in [3.8, 4) is 5.75 Å². The van der Waals surface area contributed by atoms with Crippen LogP contribution < -0.4 is 19.8 Å². The topological polar surface area (TPSA) is 117 Å². The van der Waals surface area contributed by atoms with Crippen molar-refractivity contribution in [2.45, 2.75) is 11.4 Å². The number of halogens is 2. The summed E-state index contributed by atoms with van der Waals surface area (Å²) in [4.78, 5) is 24.8. The summed E-state index contributed by atoms with van der Waals surface area (Å²) in [5.41, 5.74) is 4.08. The number of nitrogens with zero attached hydrogens (tertiary/aromatic N) is 2. The molecule has 0 atom stereocenters. The quantitative estimate of drug-likeness (QED) is 0.169. The van der Waals surface area contributed by atoms with E-state index in [1.54, 1.807) is 42.5 Å². The number of benzene rings is 4. The highest BCUT2D eigenvalue weighted by atomic mass is 35.5. The monoisotopic (exact) mass is 624 g/mol. The number of hydrogen-bond acceptors (Lipinski definition) is 6. The molecule has 0 bridgehead atoms. The van der Waals surface area contributed by atoms with Crippen LogP contribution in [-0.2, 0) is 26.2 Å². The molecule has 4 aromatic carbocycles. The van der Waals surface area contributed by atoms with Gasteiger partial charge in [-0.2, -0.15) is 5.10 Å². The van der Waals surface area contributed by atoms with Gasteiger partial charge in [0.2, 0.25) is 0 Å². The fourth-order valence-electron chi connectivity index (χ4n) is 3.71. The molecule has 0 radical (unpaired) electrons. The van der Waals surface area contributed by atoms with Crippen LogP contribution in [0.5, 0.6) is 5.75 Å². The van der Waals surface area contributed by atoms with Crippen LogP contribution in [0.1, 0.15) is 11.1 Å². The Balaban J connectivity index is 1.34. The SMILES string of the molecule is O=C(COc1ccc(/C=N\NC(=O)CN(c2cc(Cl)cc(Cl)c2)S(=O)(=O)c2ccccc2)cc1)NCc1ccccc1. The van der Waals surface area contributed by atoms with Crippen LogP contribution in [0, 0.1) is 0 Å². The average Bonchev–Trinajstić information content (AvgIpc) is 2.99. The van der Waals surface area contributed by atoms with Gasteiger partial charge in [0.25, 0.3) is 21.8 Å². The van der Waals surface area contributed by atoms with Crippen molar-refractivity contribution in [1.82, 2.24) is 10.7 Å². The van der Waals surface area contributed by atoms with Crippen molar-refractivity contribution < 1.29 is 22.7 Å². The molecular weight excluding hydrogens is 599 g/mol. The van der Waals surface area contributed by atoms with E-state index in [2.05, 4.69) is 15.8 Å². The summed E-state index contributed by atoms with van der Waals surface area (Å²) in [6.45, 7) is -0.312. The Bertz CT molecular complexity index is 1630. The molecule has 0 unspecified atom stereocenters. The summed E-state index contributed by atoms with van der Waals surface area (Å²) in [6.07, 6.45) is 1.39. The first-order valence-corrected chi connectivity index (χ1v) is 14.8. The zero-order chi connectivity index (χ0) is 30.0. The lowest BCUT2D eigenvalue weighted by Crippen LogP contribution is -2.39. The van der Waals surface area contributed by atoms with Crippen molar-refractivity contribution in [1.29, 1.82) is 0 Å². The normalized spacial score (nSPS) is 11.2. The number of rotatable bonds is 12. The minimum absolute atomic E-state index is 0.00613. The molecular formula is C30H26Cl2N4O5S. The van der Waals surface area contributed by atoms with Gasteiger partial charge in [0.15, 0.2) is 6.61 Å². The van der Waals surface area contributed by atoms with Crippen LogP contribution in [0.3, 0.4) is 0 Å². The number of hydrazone groups is 1. The first-order valence-electron chi connectivity index (χ1n) is 12.6. The van der Waals surface area contributed by atoms with Gasteiger partial charge in [-0.1, -0.05) is 71.7 Å². The van der Waals surface area contributed by atoms with E-state index < -0.39 is 22.5 Å². The number of sulfonamides is 1. The summed E-state index contributed by atoms with van der Waals surface area (Å²) in [6, 6.07) is 28.2. The second kappa shape index (κ2) is 14.5. The zero-order valence-electron chi connectivity index (χ0n) is 22.1. The highest BCUT2D eigenvalue weighted by molar-refractivity contribution is 7.92. The van der Waals surface area contributed by atoms with E-state index >= 15 is 0 Å². The van der Waals surface area contributed by atoms with E-state index in [1.807, 2.05) is 30.3 Å². The molecule has 12 heteroatoms. The number of hydrogen-bond donors (Lipinski definition) is 2. The van der Waals surface area contributed by atoms with E-state index in [9.17, 15) is 18.0 Å². The Morgan fingerprint density at radius 3 is 2.10 bits per heavy atom. The van der Waals surface area contributed by atoms with Crippen LogP contribution in [-0.4, -0.2) is 39.6 Å². The van der Waals surface area contributed by atoms with Crippen LogP contribution in [0.2, 0.25) is 10.0 Å². The summed E-state index contributed by atoms with van der Waals surface area (Å²) in [5, 5.41) is 7.14. The third-order valence-electron chi connectivity index (χ3n) is 5.74. The summed E-state index contributed by atoms with van der Waals surface area (Å²) in [7, 11) is -4.13. The third-order valence-corrected chi connectivity index (χ3v) is 7.96. The van der Waals surface area contributed by atoms with Gasteiger partial charge in [-0.3, -0.25) is 13.9 Å². The van der Waals surface area contributed by atoms with Crippen molar-refractivity contribution in [3.05, 3.63) is 124 Å². The molecule has 42 heavy (non-hydrogen) atoms. The van der Waals surface area contributed by atoms with Gasteiger partial charge in [0.05, 0.1) is 16.8 Å². The van der Waals surface area contributed by atoms with Crippen LogP contribution in [0.25, 0.3) is 0 Å². The molecule has 4 rings (SSSR count). The van der Waals surface area contributed by atoms with Gasteiger partial charge in [-0.15, -0.1) is 0 Å².